The fourth-order valence-electron chi connectivity index (χ4n) is 3.88. The Hall–Kier alpha value is -3.22. The van der Waals surface area contributed by atoms with Crippen molar-refractivity contribution in [3.63, 3.8) is 0 Å². The van der Waals surface area contributed by atoms with Crippen LogP contribution in [0.25, 0.3) is 5.52 Å². The molecule has 28 heavy (non-hydrogen) atoms. The lowest BCUT2D eigenvalue weighted by molar-refractivity contribution is 0.607. The molecule has 0 fully saturated rings. The fourth-order valence-corrected chi connectivity index (χ4v) is 3.88. The van der Waals surface area contributed by atoms with E-state index in [0.717, 1.165) is 41.6 Å². The average molecular weight is 376 g/mol. The van der Waals surface area contributed by atoms with Crippen molar-refractivity contribution in [3.05, 3.63) is 77.5 Å². The van der Waals surface area contributed by atoms with E-state index in [1.54, 1.807) is 23.1 Å². The molecule has 0 aromatic carbocycles. The maximum absolute atomic E-state index is 14.3. The van der Waals surface area contributed by atoms with Crippen molar-refractivity contribution in [2.45, 2.75) is 32.2 Å². The average Bonchev–Trinajstić information content (AvgIpc) is 3.34. The zero-order chi connectivity index (χ0) is 19.3. The Morgan fingerprint density at radius 3 is 2.93 bits per heavy atom. The highest BCUT2D eigenvalue weighted by atomic mass is 19.1. The molecule has 0 bridgehead atoms. The normalized spacial score (nSPS) is 16.7. The lowest BCUT2D eigenvalue weighted by atomic mass is 9.99. The number of fused-ring (bicyclic) bond motifs is 2. The smallest absolute Gasteiger partial charge is 0.148 e. The summed E-state index contributed by atoms with van der Waals surface area (Å²) in [6, 6.07) is 10.8. The SMILES string of the molecule is CC(C)c1cccc(N2CCc3[nH]cnc3[C@H]2c2cc3c(F)cccn3n2)n1. The van der Waals surface area contributed by atoms with Crippen molar-refractivity contribution in [3.8, 4) is 0 Å². The van der Waals surface area contributed by atoms with Crippen molar-refractivity contribution in [2.75, 3.05) is 11.4 Å². The lowest BCUT2D eigenvalue weighted by Crippen LogP contribution is -2.37. The minimum Gasteiger partial charge on any atom is -0.348 e. The van der Waals surface area contributed by atoms with Crippen LogP contribution in [0.2, 0.25) is 0 Å². The van der Waals surface area contributed by atoms with Crippen LogP contribution < -0.4 is 4.90 Å². The predicted octanol–water partition coefficient (Wildman–Crippen LogP) is 3.87. The predicted molar refractivity (Wildman–Crippen MR) is 105 cm³/mol. The van der Waals surface area contributed by atoms with Crippen molar-refractivity contribution >= 4 is 11.3 Å². The number of aromatic amines is 1. The summed E-state index contributed by atoms with van der Waals surface area (Å²) in [6.07, 6.45) is 4.33. The van der Waals surface area contributed by atoms with E-state index in [1.165, 1.54) is 6.07 Å². The number of imidazole rings is 1. The molecule has 1 aliphatic heterocycles. The van der Waals surface area contributed by atoms with E-state index in [0.29, 0.717) is 11.4 Å². The molecule has 4 aromatic heterocycles. The fraction of sp³-hybridized carbons (Fsp3) is 0.286. The lowest BCUT2D eigenvalue weighted by Gasteiger charge is -2.35. The maximum Gasteiger partial charge on any atom is 0.148 e. The molecular weight excluding hydrogens is 355 g/mol. The van der Waals surface area contributed by atoms with Gasteiger partial charge in [-0.3, -0.25) is 0 Å². The van der Waals surface area contributed by atoms with Gasteiger partial charge in [-0.25, -0.2) is 18.9 Å². The van der Waals surface area contributed by atoms with E-state index >= 15 is 0 Å². The van der Waals surface area contributed by atoms with Gasteiger partial charge in [-0.15, -0.1) is 0 Å². The third kappa shape index (κ3) is 2.66. The molecule has 5 heterocycles. The van der Waals surface area contributed by atoms with Crippen LogP contribution in [0.1, 0.15) is 48.6 Å². The second kappa shape index (κ2) is 6.44. The number of aromatic nitrogens is 5. The molecule has 0 saturated carbocycles. The minimum atomic E-state index is -0.286. The van der Waals surface area contributed by atoms with Crippen LogP contribution in [-0.4, -0.2) is 31.1 Å². The first kappa shape index (κ1) is 16.9. The van der Waals surface area contributed by atoms with Crippen molar-refractivity contribution in [2.24, 2.45) is 0 Å². The van der Waals surface area contributed by atoms with Crippen LogP contribution in [0.4, 0.5) is 10.2 Å². The quantitative estimate of drug-likeness (QED) is 0.590. The summed E-state index contributed by atoms with van der Waals surface area (Å²) in [7, 11) is 0. The van der Waals surface area contributed by atoms with Crippen LogP contribution in [-0.2, 0) is 6.42 Å². The summed E-state index contributed by atoms with van der Waals surface area (Å²) in [4.78, 5) is 14.9. The van der Waals surface area contributed by atoms with E-state index in [4.69, 9.17) is 4.98 Å². The summed E-state index contributed by atoms with van der Waals surface area (Å²) in [5.74, 6) is 0.946. The second-order valence-corrected chi connectivity index (χ2v) is 7.44. The molecule has 0 spiro atoms. The van der Waals surface area contributed by atoms with Gasteiger partial charge in [0, 0.05) is 30.6 Å². The van der Waals surface area contributed by atoms with Crippen LogP contribution in [0.5, 0.6) is 0 Å². The van der Waals surface area contributed by atoms with Gasteiger partial charge in [0.2, 0.25) is 0 Å². The Labute approximate surface area is 162 Å². The minimum absolute atomic E-state index is 0.218. The first-order valence-corrected chi connectivity index (χ1v) is 9.51. The molecule has 0 amide bonds. The largest absolute Gasteiger partial charge is 0.348 e. The highest BCUT2D eigenvalue weighted by Gasteiger charge is 2.34. The molecule has 142 valence electrons. The van der Waals surface area contributed by atoms with Gasteiger partial charge >= 0.3 is 0 Å². The van der Waals surface area contributed by atoms with E-state index in [-0.39, 0.29) is 11.9 Å². The molecule has 0 saturated heterocycles. The number of hydrogen-bond donors (Lipinski definition) is 1. The molecule has 1 N–H and O–H groups in total. The summed E-state index contributed by atoms with van der Waals surface area (Å²) >= 11 is 0. The number of hydrogen-bond acceptors (Lipinski definition) is 4. The Morgan fingerprint density at radius 1 is 1.21 bits per heavy atom. The van der Waals surface area contributed by atoms with E-state index < -0.39 is 0 Å². The van der Waals surface area contributed by atoms with Gasteiger partial charge < -0.3 is 9.88 Å². The highest BCUT2D eigenvalue weighted by molar-refractivity contribution is 5.54. The first-order chi connectivity index (χ1) is 13.6. The summed E-state index contributed by atoms with van der Waals surface area (Å²) in [5, 5.41) is 4.66. The maximum atomic E-state index is 14.3. The van der Waals surface area contributed by atoms with E-state index in [2.05, 4.69) is 33.8 Å². The monoisotopic (exact) mass is 376 g/mol. The van der Waals surface area contributed by atoms with Crippen molar-refractivity contribution in [1.29, 1.82) is 0 Å². The van der Waals surface area contributed by atoms with Crippen LogP contribution in [0.15, 0.2) is 48.9 Å². The number of anilines is 1. The zero-order valence-electron chi connectivity index (χ0n) is 15.8. The van der Waals surface area contributed by atoms with Crippen LogP contribution >= 0.6 is 0 Å². The Balaban J connectivity index is 1.66. The Morgan fingerprint density at radius 2 is 2.11 bits per heavy atom. The van der Waals surface area contributed by atoms with E-state index in [1.807, 2.05) is 24.3 Å². The summed E-state index contributed by atoms with van der Waals surface area (Å²) in [5.41, 5.74) is 4.29. The number of H-pyrrole nitrogens is 1. The molecule has 0 radical (unpaired) electrons. The highest BCUT2D eigenvalue weighted by Crippen LogP contribution is 2.36. The van der Waals surface area contributed by atoms with Gasteiger partial charge in [0.1, 0.15) is 23.2 Å². The molecule has 1 atom stereocenters. The standard InChI is InChI=1S/C21H21FN6/c1-13(2)15-6-3-7-19(25-15)27-10-8-16-20(24-12-23-16)21(27)17-11-18-14(22)5-4-9-28(18)26-17/h3-7,9,11-13,21H,8,10H2,1-2H3,(H,23,24)/t21-/m1/s1. The van der Waals surface area contributed by atoms with Crippen molar-refractivity contribution in [1.82, 2.24) is 24.6 Å². The number of nitrogens with zero attached hydrogens (tertiary/aromatic N) is 5. The second-order valence-electron chi connectivity index (χ2n) is 7.44. The Kier molecular flexibility index (Phi) is 3.89. The summed E-state index contributed by atoms with van der Waals surface area (Å²) in [6.45, 7) is 5.05. The number of nitrogens with one attached hydrogen (secondary N) is 1. The molecule has 0 unspecified atom stereocenters. The number of rotatable bonds is 3. The molecule has 0 aliphatic carbocycles. The van der Waals surface area contributed by atoms with Gasteiger partial charge in [0.05, 0.1) is 17.7 Å². The van der Waals surface area contributed by atoms with Crippen LogP contribution in [0.3, 0.4) is 0 Å². The van der Waals surface area contributed by atoms with Gasteiger partial charge in [-0.1, -0.05) is 19.9 Å². The zero-order valence-corrected chi connectivity index (χ0v) is 15.8. The third-order valence-corrected chi connectivity index (χ3v) is 5.32. The Bertz CT molecular complexity index is 1140. The van der Waals surface area contributed by atoms with Crippen LogP contribution in [0, 0.1) is 5.82 Å². The number of pyridine rings is 2. The summed E-state index contributed by atoms with van der Waals surface area (Å²) < 4.78 is 15.8. The first-order valence-electron chi connectivity index (χ1n) is 9.51. The molecular formula is C21H21FN6. The topological polar surface area (TPSA) is 62.1 Å². The third-order valence-electron chi connectivity index (χ3n) is 5.32. The van der Waals surface area contributed by atoms with Gasteiger partial charge in [-0.2, -0.15) is 5.10 Å². The van der Waals surface area contributed by atoms with E-state index in [9.17, 15) is 4.39 Å². The van der Waals surface area contributed by atoms with Crippen molar-refractivity contribution < 1.29 is 4.39 Å². The van der Waals surface area contributed by atoms with Gasteiger partial charge in [0.15, 0.2) is 0 Å². The van der Waals surface area contributed by atoms with Gasteiger partial charge in [0.25, 0.3) is 0 Å². The molecule has 6 nitrogen and oxygen atoms in total. The van der Waals surface area contributed by atoms with Gasteiger partial charge in [-0.05, 0) is 36.2 Å². The molecule has 1 aliphatic rings. The molecule has 7 heteroatoms. The number of halogens is 1. The molecule has 5 rings (SSSR count). The molecule has 4 aromatic rings.